The lowest BCUT2D eigenvalue weighted by Crippen LogP contribution is -2.58. The molecule has 0 saturated heterocycles. The molecule has 0 saturated carbocycles. The molecule has 3 aliphatic heterocycles. The number of hydrogen-bond acceptors (Lipinski definition) is 2. The van der Waals surface area contributed by atoms with Gasteiger partial charge >= 0.3 is 6.85 Å². The molecule has 3 aliphatic rings. The van der Waals surface area contributed by atoms with Crippen molar-refractivity contribution in [2.24, 2.45) is 0 Å². The van der Waals surface area contributed by atoms with Gasteiger partial charge in [-0.2, -0.15) is 0 Å². The Hall–Kier alpha value is -5.84. The molecule has 232 valence electrons. The first-order valence-electron chi connectivity index (χ1n) is 17.5. The number of rotatable bonds is 2. The Morgan fingerprint density at radius 3 is 2.06 bits per heavy atom. The lowest BCUT2D eigenvalue weighted by Gasteiger charge is -2.50. The van der Waals surface area contributed by atoms with Crippen LogP contribution in [0, 0.1) is 6.92 Å². The smallest absolute Gasteiger partial charge is 0.333 e. The molecule has 0 atom stereocenters. The van der Waals surface area contributed by atoms with Crippen LogP contribution in [0.15, 0.2) is 158 Å². The molecule has 0 N–H and O–H groups in total. The number of anilines is 3. The Morgan fingerprint density at radius 1 is 0.560 bits per heavy atom. The molecule has 9 aromatic rings. The van der Waals surface area contributed by atoms with Crippen molar-refractivity contribution in [3.8, 4) is 11.1 Å². The van der Waals surface area contributed by atoms with Crippen molar-refractivity contribution in [2.75, 3.05) is 4.90 Å². The molecule has 12 rings (SSSR count). The number of para-hydroxylation sites is 3. The first-order chi connectivity index (χ1) is 24.7. The third kappa shape index (κ3) is 3.09. The van der Waals surface area contributed by atoms with Crippen molar-refractivity contribution in [2.45, 2.75) is 12.3 Å². The van der Waals surface area contributed by atoms with Gasteiger partial charge in [0.15, 0.2) is 0 Å². The van der Waals surface area contributed by atoms with Crippen molar-refractivity contribution >= 4 is 77.4 Å². The Kier molecular flexibility index (Phi) is 5.11. The molecule has 2 aromatic heterocycles. The zero-order chi connectivity index (χ0) is 32.7. The minimum atomic E-state index is -0.506. The third-order valence-electron chi connectivity index (χ3n) is 11.6. The van der Waals surface area contributed by atoms with Crippen molar-refractivity contribution in [3.63, 3.8) is 0 Å². The van der Waals surface area contributed by atoms with Gasteiger partial charge in [-0.1, -0.05) is 140 Å². The summed E-state index contributed by atoms with van der Waals surface area (Å²) in [5.74, 6) is 0. The second-order valence-electron chi connectivity index (χ2n) is 14.1. The van der Waals surface area contributed by atoms with Crippen molar-refractivity contribution in [3.05, 3.63) is 186 Å². The van der Waals surface area contributed by atoms with Crippen molar-refractivity contribution < 1.29 is 0 Å². The second-order valence-corrected chi connectivity index (χ2v) is 15.1. The average molecular weight is 653 g/mol. The molecule has 0 spiro atoms. The first-order valence-corrected chi connectivity index (χ1v) is 18.3. The summed E-state index contributed by atoms with van der Waals surface area (Å²) in [5.41, 5.74) is 18.0. The predicted molar refractivity (Wildman–Crippen MR) is 212 cm³/mol. The van der Waals surface area contributed by atoms with Crippen LogP contribution in [0.3, 0.4) is 0 Å². The van der Waals surface area contributed by atoms with Gasteiger partial charge in [0.05, 0.1) is 21.3 Å². The molecule has 50 heavy (non-hydrogen) atoms. The van der Waals surface area contributed by atoms with Crippen LogP contribution in [0.25, 0.3) is 42.3 Å². The predicted octanol–water partition coefficient (Wildman–Crippen LogP) is 10.4. The number of hydrogen-bond donors (Lipinski definition) is 0. The SMILES string of the molecule is Cc1cc2c3c(c1)N1c4ccccc4C(c4ccccc4)(c4ccccc4)c4cccc(c41)B3n1c3c-2cccc3c2sc3ccccc3c21. The number of benzene rings is 7. The quantitative estimate of drug-likeness (QED) is 0.169. The Labute approximate surface area is 294 Å². The van der Waals surface area contributed by atoms with E-state index in [2.05, 4.69) is 174 Å². The van der Waals surface area contributed by atoms with E-state index in [-0.39, 0.29) is 6.85 Å². The summed E-state index contributed by atoms with van der Waals surface area (Å²) in [6.45, 7) is 2.29. The molecule has 0 amide bonds. The molecular weight excluding hydrogens is 623 g/mol. The summed E-state index contributed by atoms with van der Waals surface area (Å²) < 4.78 is 5.45. The maximum atomic E-state index is 2.72. The normalized spacial score (nSPS) is 14.6. The van der Waals surface area contributed by atoms with Gasteiger partial charge in [-0.25, -0.2) is 0 Å². The zero-order valence-corrected chi connectivity index (χ0v) is 28.2. The molecule has 2 nitrogen and oxygen atoms in total. The lowest BCUT2D eigenvalue weighted by atomic mass is 9.43. The fraction of sp³-hybridized carbons (Fsp3) is 0.0435. The maximum Gasteiger partial charge on any atom is 0.333 e. The first kappa shape index (κ1) is 27.0. The summed E-state index contributed by atoms with van der Waals surface area (Å²) in [5, 5.41) is 2.69. The number of fused-ring (bicyclic) bond motifs is 11. The van der Waals surface area contributed by atoms with Crippen LogP contribution < -0.4 is 15.8 Å². The average Bonchev–Trinajstić information content (AvgIpc) is 3.71. The molecule has 7 aromatic carbocycles. The highest BCUT2D eigenvalue weighted by Crippen LogP contribution is 2.59. The molecule has 0 fully saturated rings. The molecule has 5 heterocycles. The lowest BCUT2D eigenvalue weighted by molar-refractivity contribution is 0.732. The Morgan fingerprint density at radius 2 is 1.24 bits per heavy atom. The van der Waals surface area contributed by atoms with E-state index >= 15 is 0 Å². The van der Waals surface area contributed by atoms with Crippen molar-refractivity contribution in [1.82, 2.24) is 4.48 Å². The topological polar surface area (TPSA) is 8.17 Å². The van der Waals surface area contributed by atoms with E-state index in [1.54, 1.807) is 0 Å². The van der Waals surface area contributed by atoms with Crippen LogP contribution in [0.2, 0.25) is 0 Å². The van der Waals surface area contributed by atoms with Gasteiger partial charge < -0.3 is 9.38 Å². The van der Waals surface area contributed by atoms with Crippen molar-refractivity contribution in [1.29, 1.82) is 0 Å². The summed E-state index contributed by atoms with van der Waals surface area (Å²) >= 11 is 1.93. The van der Waals surface area contributed by atoms with Gasteiger partial charge in [0, 0.05) is 37.9 Å². The summed E-state index contributed by atoms with van der Waals surface area (Å²) in [4.78, 5) is 2.62. The van der Waals surface area contributed by atoms with Crippen LogP contribution in [0.5, 0.6) is 0 Å². The summed E-state index contributed by atoms with van der Waals surface area (Å²) in [6, 6.07) is 59.5. The van der Waals surface area contributed by atoms with Gasteiger partial charge in [0.1, 0.15) is 0 Å². The van der Waals surface area contributed by atoms with Crippen LogP contribution in [-0.2, 0) is 5.41 Å². The monoisotopic (exact) mass is 652 g/mol. The number of nitrogens with zero attached hydrogens (tertiary/aromatic N) is 2. The van der Waals surface area contributed by atoms with E-state index in [0.717, 1.165) is 0 Å². The van der Waals surface area contributed by atoms with E-state index in [9.17, 15) is 0 Å². The molecule has 0 bridgehead atoms. The Balaban J connectivity index is 1.30. The van der Waals surface area contributed by atoms with Crippen LogP contribution >= 0.6 is 11.3 Å². The minimum absolute atomic E-state index is 0.0224. The van der Waals surface area contributed by atoms with E-state index in [1.807, 2.05) is 11.3 Å². The molecule has 0 radical (unpaired) electrons. The second kappa shape index (κ2) is 9.44. The standard InChI is InChI=1S/C46H29BN2S/c1-28-26-34-31-19-12-20-33-42(31)49(43-32-18-8-11-25-40(32)50-45(33)43)47-37-23-13-22-36-44(37)48(39(27-28)41(34)47)38-24-10-9-21-35(38)46(36,29-14-4-2-5-15-29)30-16-6-3-7-17-30/h2-27H,1H3. The highest BCUT2D eigenvalue weighted by Gasteiger charge is 2.52. The highest BCUT2D eigenvalue weighted by atomic mass is 32.1. The molecular formula is C46H29BN2S. The number of thiophene rings is 1. The molecule has 0 unspecified atom stereocenters. The van der Waals surface area contributed by atoms with Gasteiger partial charge in [0.2, 0.25) is 0 Å². The van der Waals surface area contributed by atoms with E-state index in [4.69, 9.17) is 0 Å². The van der Waals surface area contributed by atoms with E-state index < -0.39 is 5.41 Å². The minimum Gasteiger partial charge on any atom is -0.374 e. The fourth-order valence-corrected chi connectivity index (χ4v) is 11.1. The van der Waals surface area contributed by atoms with Gasteiger partial charge in [-0.3, -0.25) is 0 Å². The Bertz CT molecular complexity index is 2860. The maximum absolute atomic E-state index is 2.72. The fourth-order valence-electron chi connectivity index (χ4n) is 9.93. The van der Waals surface area contributed by atoms with E-state index in [0.29, 0.717) is 0 Å². The summed E-state index contributed by atoms with van der Waals surface area (Å²) in [6.07, 6.45) is 0. The third-order valence-corrected chi connectivity index (χ3v) is 12.8. The molecule has 0 aliphatic carbocycles. The van der Waals surface area contributed by atoms with Gasteiger partial charge in [-0.15, -0.1) is 11.3 Å². The highest BCUT2D eigenvalue weighted by molar-refractivity contribution is 7.27. The van der Waals surface area contributed by atoms with Crippen LogP contribution in [-0.4, -0.2) is 11.3 Å². The largest absolute Gasteiger partial charge is 0.374 e. The van der Waals surface area contributed by atoms with Gasteiger partial charge in [0.25, 0.3) is 0 Å². The number of aryl methyl sites for hydroxylation is 1. The zero-order valence-electron chi connectivity index (χ0n) is 27.4. The van der Waals surface area contributed by atoms with Crippen LogP contribution in [0.1, 0.15) is 27.8 Å². The summed E-state index contributed by atoms with van der Waals surface area (Å²) in [7, 11) is 0. The van der Waals surface area contributed by atoms with Crippen LogP contribution in [0.4, 0.5) is 17.1 Å². The number of aromatic nitrogens is 1. The van der Waals surface area contributed by atoms with Gasteiger partial charge in [-0.05, 0) is 69.4 Å². The van der Waals surface area contributed by atoms with E-state index in [1.165, 1.54) is 98.1 Å². The molecule has 4 heteroatoms.